The third-order valence-electron chi connectivity index (χ3n) is 3.60. The topological polar surface area (TPSA) is 71.8 Å². The van der Waals surface area contributed by atoms with Gasteiger partial charge in [0.2, 0.25) is 0 Å². The van der Waals surface area contributed by atoms with Crippen molar-refractivity contribution in [3.63, 3.8) is 0 Å². The van der Waals surface area contributed by atoms with Crippen LogP contribution in [0.5, 0.6) is 0 Å². The molecule has 7 heteroatoms. The number of carbonyl (C=O) groups is 1. The average Bonchev–Trinajstić information content (AvgIpc) is 2.90. The van der Waals surface area contributed by atoms with Gasteiger partial charge in [0, 0.05) is 5.69 Å². The van der Waals surface area contributed by atoms with Crippen LogP contribution in [-0.4, -0.2) is 27.7 Å². The van der Waals surface area contributed by atoms with Crippen molar-refractivity contribution >= 4 is 34.5 Å². The van der Waals surface area contributed by atoms with Gasteiger partial charge in [-0.15, -0.1) is 0 Å². The van der Waals surface area contributed by atoms with Crippen LogP contribution in [0, 0.1) is 12.7 Å². The van der Waals surface area contributed by atoms with Crippen LogP contribution >= 0.6 is 11.8 Å². The molecule has 0 unspecified atom stereocenters. The van der Waals surface area contributed by atoms with Crippen LogP contribution in [0.3, 0.4) is 0 Å². The number of hydrogen-bond acceptors (Lipinski definition) is 6. The number of thioether (sulfide) groups is 1. The standard InChI is InChI=1S/C20H17FN2O3S/c1-3-26-20(25)17-18(24)16(11-15-8-4-6-12(2)22-15)27-19(17)23-14-9-5-7-13(21)10-14/h4-11,24H,3H2,1-2H3. The zero-order chi connectivity index (χ0) is 19.4. The molecule has 0 saturated carbocycles. The van der Waals surface area contributed by atoms with Gasteiger partial charge in [-0.25, -0.2) is 14.2 Å². The van der Waals surface area contributed by atoms with Crippen LogP contribution in [0.25, 0.3) is 6.08 Å². The minimum absolute atomic E-state index is 0.0370. The number of aliphatic hydroxyl groups is 1. The van der Waals surface area contributed by atoms with Crippen molar-refractivity contribution < 1.29 is 19.0 Å². The number of hydrogen-bond donors (Lipinski definition) is 1. The molecule has 1 N–H and O–H groups in total. The van der Waals surface area contributed by atoms with E-state index in [1.165, 1.54) is 18.2 Å². The van der Waals surface area contributed by atoms with Crippen molar-refractivity contribution in [1.82, 2.24) is 4.98 Å². The van der Waals surface area contributed by atoms with Crippen LogP contribution < -0.4 is 0 Å². The molecule has 0 radical (unpaired) electrons. The Labute approximate surface area is 160 Å². The third-order valence-corrected chi connectivity index (χ3v) is 4.62. The minimum Gasteiger partial charge on any atom is -0.506 e. The van der Waals surface area contributed by atoms with E-state index < -0.39 is 11.8 Å². The van der Waals surface area contributed by atoms with Crippen LogP contribution in [-0.2, 0) is 9.53 Å². The van der Waals surface area contributed by atoms with Gasteiger partial charge in [-0.05, 0) is 50.3 Å². The van der Waals surface area contributed by atoms with E-state index in [1.807, 2.05) is 19.1 Å². The first-order chi connectivity index (χ1) is 13.0. The number of aliphatic hydroxyl groups excluding tert-OH is 1. The first kappa shape index (κ1) is 18.8. The van der Waals surface area contributed by atoms with E-state index in [1.54, 1.807) is 25.1 Å². The maximum atomic E-state index is 13.4. The smallest absolute Gasteiger partial charge is 0.344 e. The Morgan fingerprint density at radius 2 is 2.11 bits per heavy atom. The van der Waals surface area contributed by atoms with Gasteiger partial charge in [0.25, 0.3) is 0 Å². The lowest BCUT2D eigenvalue weighted by Gasteiger charge is -2.03. The van der Waals surface area contributed by atoms with Crippen molar-refractivity contribution in [3.05, 3.63) is 75.9 Å². The summed E-state index contributed by atoms with van der Waals surface area (Å²) in [4.78, 5) is 21.4. The van der Waals surface area contributed by atoms with Crippen LogP contribution in [0.4, 0.5) is 10.1 Å². The highest BCUT2D eigenvalue weighted by molar-refractivity contribution is 8.18. The number of benzene rings is 1. The van der Waals surface area contributed by atoms with Gasteiger partial charge in [0.15, 0.2) is 0 Å². The van der Waals surface area contributed by atoms with Gasteiger partial charge >= 0.3 is 5.97 Å². The molecular formula is C20H17FN2O3S. The van der Waals surface area contributed by atoms with E-state index >= 15 is 0 Å². The summed E-state index contributed by atoms with van der Waals surface area (Å²) >= 11 is 1.11. The normalized spacial score (nSPS) is 17.0. The van der Waals surface area contributed by atoms with E-state index in [0.29, 0.717) is 16.3 Å². The number of pyridine rings is 1. The lowest BCUT2D eigenvalue weighted by atomic mass is 10.2. The average molecular weight is 384 g/mol. The van der Waals surface area contributed by atoms with E-state index in [0.717, 1.165) is 17.5 Å². The number of halogens is 1. The molecule has 3 rings (SSSR count). The molecule has 1 aromatic heterocycles. The van der Waals surface area contributed by atoms with Gasteiger partial charge in [-0.1, -0.05) is 23.9 Å². The van der Waals surface area contributed by atoms with Crippen LogP contribution in [0.2, 0.25) is 0 Å². The molecular weight excluding hydrogens is 367 g/mol. The van der Waals surface area contributed by atoms with E-state index in [4.69, 9.17) is 4.74 Å². The third kappa shape index (κ3) is 4.43. The number of esters is 1. The van der Waals surface area contributed by atoms with Crippen molar-refractivity contribution in [3.8, 4) is 0 Å². The molecule has 2 heterocycles. The number of aliphatic imine (C=N–C) groups is 1. The summed E-state index contributed by atoms with van der Waals surface area (Å²) in [5, 5.41) is 10.8. The van der Waals surface area contributed by atoms with Crippen molar-refractivity contribution in [2.75, 3.05) is 6.61 Å². The van der Waals surface area contributed by atoms with Gasteiger partial charge in [0.1, 0.15) is 22.2 Å². The van der Waals surface area contributed by atoms with Crippen LogP contribution in [0.1, 0.15) is 18.3 Å². The maximum Gasteiger partial charge on any atom is 0.344 e. The molecule has 0 saturated heterocycles. The summed E-state index contributed by atoms with van der Waals surface area (Å²) in [6.07, 6.45) is 1.67. The molecule has 138 valence electrons. The molecule has 0 aliphatic carbocycles. The highest BCUT2D eigenvalue weighted by Crippen LogP contribution is 2.40. The molecule has 0 bridgehead atoms. The second-order valence-electron chi connectivity index (χ2n) is 5.66. The highest BCUT2D eigenvalue weighted by Gasteiger charge is 2.33. The Balaban J connectivity index is 2.05. The summed E-state index contributed by atoms with van der Waals surface area (Å²) in [6, 6.07) is 11.2. The quantitative estimate of drug-likeness (QED) is 0.772. The lowest BCUT2D eigenvalue weighted by molar-refractivity contribution is -0.138. The zero-order valence-electron chi connectivity index (χ0n) is 14.8. The van der Waals surface area contributed by atoms with Gasteiger partial charge in [-0.3, -0.25) is 4.98 Å². The molecule has 2 aromatic rings. The Morgan fingerprint density at radius 1 is 1.33 bits per heavy atom. The second-order valence-corrected chi connectivity index (χ2v) is 6.69. The van der Waals surface area contributed by atoms with Crippen LogP contribution in [0.15, 0.2) is 63.7 Å². The molecule has 0 spiro atoms. The fraction of sp³-hybridized carbons (Fsp3) is 0.150. The van der Waals surface area contributed by atoms with Gasteiger partial charge in [0.05, 0.1) is 22.9 Å². The Kier molecular flexibility index (Phi) is 5.71. The van der Waals surface area contributed by atoms with Crippen molar-refractivity contribution in [2.24, 2.45) is 4.99 Å². The summed E-state index contributed by atoms with van der Waals surface area (Å²) in [6.45, 7) is 3.70. The first-order valence-electron chi connectivity index (χ1n) is 8.26. The van der Waals surface area contributed by atoms with Crippen molar-refractivity contribution in [2.45, 2.75) is 13.8 Å². The highest BCUT2D eigenvalue weighted by atomic mass is 32.2. The molecule has 0 amide bonds. The minimum atomic E-state index is -0.682. The Bertz CT molecular complexity index is 983. The molecule has 27 heavy (non-hydrogen) atoms. The Hall–Kier alpha value is -2.93. The number of carbonyl (C=O) groups excluding carboxylic acids is 1. The molecule has 0 atom stereocenters. The SMILES string of the molecule is CCOC(=O)C1=C(O)C(=Cc2cccc(C)n2)SC1=Nc1cccc(F)c1. The summed E-state index contributed by atoms with van der Waals surface area (Å²) < 4.78 is 18.5. The molecule has 1 aliphatic rings. The summed E-state index contributed by atoms with van der Waals surface area (Å²) in [5.41, 5.74) is 1.77. The lowest BCUT2D eigenvalue weighted by Crippen LogP contribution is -2.12. The fourth-order valence-corrected chi connectivity index (χ4v) is 3.45. The number of nitrogens with zero attached hydrogens (tertiary/aromatic N) is 2. The predicted octanol–water partition coefficient (Wildman–Crippen LogP) is 4.72. The fourth-order valence-electron chi connectivity index (χ4n) is 2.43. The predicted molar refractivity (Wildman–Crippen MR) is 104 cm³/mol. The molecule has 1 aliphatic heterocycles. The van der Waals surface area contributed by atoms with Crippen molar-refractivity contribution in [1.29, 1.82) is 0 Å². The van der Waals surface area contributed by atoms with Gasteiger partial charge < -0.3 is 9.84 Å². The number of aromatic nitrogens is 1. The number of ether oxygens (including phenoxy) is 1. The number of aryl methyl sites for hydroxylation is 1. The Morgan fingerprint density at radius 3 is 2.81 bits per heavy atom. The molecule has 5 nitrogen and oxygen atoms in total. The molecule has 1 aromatic carbocycles. The maximum absolute atomic E-state index is 13.4. The zero-order valence-corrected chi connectivity index (χ0v) is 15.6. The summed E-state index contributed by atoms with van der Waals surface area (Å²) in [7, 11) is 0. The first-order valence-corrected chi connectivity index (χ1v) is 9.08. The van der Waals surface area contributed by atoms with E-state index in [-0.39, 0.29) is 23.0 Å². The van der Waals surface area contributed by atoms with E-state index in [9.17, 15) is 14.3 Å². The van der Waals surface area contributed by atoms with Gasteiger partial charge in [-0.2, -0.15) is 0 Å². The largest absolute Gasteiger partial charge is 0.506 e. The molecule has 0 fully saturated rings. The monoisotopic (exact) mass is 384 g/mol. The van der Waals surface area contributed by atoms with E-state index in [2.05, 4.69) is 9.98 Å². The summed E-state index contributed by atoms with van der Waals surface area (Å²) in [5.74, 6) is -1.35. The number of rotatable bonds is 4. The second kappa shape index (κ2) is 8.18.